The molecule has 0 aromatic heterocycles. The number of esters is 5. The number of carbonyl (C=O) groups excluding carboxylic acids is 5. The Morgan fingerprint density at radius 3 is 1.18 bits per heavy atom. The predicted octanol–water partition coefficient (Wildman–Crippen LogP) is 14.9. The number of rotatable bonds is 37. The third kappa shape index (κ3) is 22.2. The van der Waals surface area contributed by atoms with Crippen molar-refractivity contribution in [3.05, 3.63) is 163 Å². The highest BCUT2D eigenvalue weighted by Gasteiger charge is 2.16. The fraction of sp³-hybridized carbons (Fsp3) is 0.358. The molecular formula is C67H75FO14. The zero-order valence-electron chi connectivity index (χ0n) is 47.2. The highest BCUT2D eigenvalue weighted by Crippen LogP contribution is 2.40. The van der Waals surface area contributed by atoms with Gasteiger partial charge in [0, 0.05) is 29.4 Å². The van der Waals surface area contributed by atoms with Gasteiger partial charge in [0.2, 0.25) is 5.83 Å². The van der Waals surface area contributed by atoms with E-state index < -0.39 is 17.8 Å². The maximum absolute atomic E-state index is 13.3. The fourth-order valence-corrected chi connectivity index (χ4v) is 8.45. The summed E-state index contributed by atoms with van der Waals surface area (Å²) in [5.74, 6) is 0.256. The van der Waals surface area contributed by atoms with Gasteiger partial charge in [0.05, 0.1) is 39.6 Å². The van der Waals surface area contributed by atoms with Crippen molar-refractivity contribution in [1.29, 1.82) is 0 Å². The average molecular weight is 1120 g/mol. The second kappa shape index (κ2) is 34.0. The average Bonchev–Trinajstić information content (AvgIpc) is 3.59. The van der Waals surface area contributed by atoms with Crippen LogP contribution in [0.1, 0.15) is 115 Å². The number of ether oxygens (including phenoxy) is 9. The monoisotopic (exact) mass is 1120 g/mol. The molecule has 0 aliphatic rings. The van der Waals surface area contributed by atoms with E-state index >= 15 is 0 Å². The Balaban J connectivity index is 1.03. The van der Waals surface area contributed by atoms with Crippen molar-refractivity contribution in [2.24, 2.45) is 0 Å². The van der Waals surface area contributed by atoms with Crippen LogP contribution in [0, 0.1) is 0 Å². The van der Waals surface area contributed by atoms with Crippen molar-refractivity contribution in [3.8, 4) is 40.2 Å². The summed E-state index contributed by atoms with van der Waals surface area (Å²) < 4.78 is 64.0. The minimum absolute atomic E-state index is 0.133. The van der Waals surface area contributed by atoms with Crippen LogP contribution in [0.15, 0.2) is 152 Å². The number of halogens is 1. The van der Waals surface area contributed by atoms with Crippen molar-refractivity contribution >= 4 is 51.4 Å². The van der Waals surface area contributed by atoms with Crippen LogP contribution < -0.4 is 28.4 Å². The van der Waals surface area contributed by atoms with E-state index in [2.05, 4.69) is 19.7 Å². The number of fused-ring (bicyclic) bond motifs is 3. The van der Waals surface area contributed by atoms with Crippen LogP contribution in [-0.2, 0) is 51.0 Å². The second-order valence-corrected chi connectivity index (χ2v) is 19.9. The molecule has 0 saturated carbocycles. The summed E-state index contributed by atoms with van der Waals surface area (Å²) >= 11 is 0. The molecule has 0 amide bonds. The molecule has 15 heteroatoms. The maximum Gasteiger partial charge on any atom is 0.366 e. The van der Waals surface area contributed by atoms with Gasteiger partial charge in [-0.3, -0.25) is 9.59 Å². The molecule has 14 nitrogen and oxygen atoms in total. The number of benzene rings is 6. The molecule has 6 aromatic carbocycles. The second-order valence-electron chi connectivity index (χ2n) is 19.9. The Hall–Kier alpha value is -8.46. The van der Waals surface area contributed by atoms with Crippen LogP contribution >= 0.6 is 0 Å². The van der Waals surface area contributed by atoms with Gasteiger partial charge in [0.15, 0.2) is 0 Å². The third-order valence-corrected chi connectivity index (χ3v) is 13.0. The van der Waals surface area contributed by atoms with Crippen molar-refractivity contribution in [1.82, 2.24) is 0 Å². The summed E-state index contributed by atoms with van der Waals surface area (Å²) in [6.45, 7) is 15.9. The van der Waals surface area contributed by atoms with E-state index in [0.29, 0.717) is 97.6 Å². The molecule has 0 radical (unpaired) electrons. The molecule has 434 valence electrons. The first-order valence-corrected chi connectivity index (χ1v) is 28.1. The Morgan fingerprint density at radius 2 is 0.756 bits per heavy atom. The first kappa shape index (κ1) is 62.7. The quantitative estimate of drug-likeness (QED) is 0.00902. The van der Waals surface area contributed by atoms with E-state index in [0.717, 1.165) is 109 Å². The Kier molecular flexibility index (Phi) is 26.0. The van der Waals surface area contributed by atoms with E-state index in [-0.39, 0.29) is 37.4 Å². The van der Waals surface area contributed by atoms with Gasteiger partial charge < -0.3 is 42.6 Å². The minimum Gasteiger partial charge on any atom is -0.494 e. The van der Waals surface area contributed by atoms with Crippen molar-refractivity contribution < 1.29 is 71.0 Å². The first-order chi connectivity index (χ1) is 39.7. The van der Waals surface area contributed by atoms with Crippen molar-refractivity contribution in [3.63, 3.8) is 0 Å². The maximum atomic E-state index is 13.3. The molecule has 0 N–H and O–H groups in total. The van der Waals surface area contributed by atoms with Gasteiger partial charge in [-0.15, -0.1) is 0 Å². The van der Waals surface area contributed by atoms with Gasteiger partial charge in [0.1, 0.15) is 40.2 Å². The Labute approximate surface area is 480 Å². The number of hydrogen-bond acceptors (Lipinski definition) is 14. The van der Waals surface area contributed by atoms with Crippen molar-refractivity contribution in [2.45, 2.75) is 117 Å². The van der Waals surface area contributed by atoms with Crippen LogP contribution in [0.2, 0.25) is 0 Å². The van der Waals surface area contributed by atoms with E-state index in [1.165, 1.54) is 0 Å². The van der Waals surface area contributed by atoms with Crippen LogP contribution in [0.5, 0.6) is 40.2 Å². The highest BCUT2D eigenvalue weighted by molar-refractivity contribution is 6.11. The lowest BCUT2D eigenvalue weighted by Gasteiger charge is -2.15. The normalized spacial score (nSPS) is 10.9. The van der Waals surface area contributed by atoms with Gasteiger partial charge in [-0.2, -0.15) is 4.39 Å². The summed E-state index contributed by atoms with van der Waals surface area (Å²) in [6, 6.07) is 35.3. The number of unbranched alkanes of at least 4 members (excludes halogenated alkanes) is 9. The summed E-state index contributed by atoms with van der Waals surface area (Å²) in [5, 5.41) is 3.14. The summed E-state index contributed by atoms with van der Waals surface area (Å²) in [4.78, 5) is 60.8. The van der Waals surface area contributed by atoms with E-state index in [4.69, 9.17) is 42.6 Å². The smallest absolute Gasteiger partial charge is 0.366 e. The van der Waals surface area contributed by atoms with E-state index in [1.54, 1.807) is 50.2 Å². The summed E-state index contributed by atoms with van der Waals surface area (Å²) in [6.07, 6.45) is 11.4. The van der Waals surface area contributed by atoms with Crippen LogP contribution in [0.4, 0.5) is 4.39 Å². The van der Waals surface area contributed by atoms with Gasteiger partial charge in [0.25, 0.3) is 0 Å². The van der Waals surface area contributed by atoms with Crippen LogP contribution in [0.3, 0.4) is 0 Å². The highest BCUT2D eigenvalue weighted by atomic mass is 19.1. The number of hydrogen-bond donors (Lipinski definition) is 0. The predicted molar refractivity (Wildman–Crippen MR) is 313 cm³/mol. The lowest BCUT2D eigenvalue weighted by Crippen LogP contribution is -2.09. The molecule has 0 heterocycles. The molecule has 0 saturated heterocycles. The minimum atomic E-state index is -1.11. The van der Waals surface area contributed by atoms with Gasteiger partial charge in [-0.25, -0.2) is 14.4 Å². The van der Waals surface area contributed by atoms with Gasteiger partial charge in [-0.05, 0) is 216 Å². The molecule has 0 unspecified atom stereocenters. The van der Waals surface area contributed by atoms with Crippen molar-refractivity contribution in [2.75, 3.05) is 39.6 Å². The zero-order valence-corrected chi connectivity index (χ0v) is 47.2. The standard InChI is InChI=1S/C67H75FO14/c1-47(2)65(71)77-41-15-9-6-12-38-74-53-24-18-50(19-25-53)22-36-63(69)81-57-32-34-59-52(44-57)45-62(80-56-30-28-55(29-31-56)76-40-14-8-11-17-43-79-67(73)49(5)68)61-46-58(33-35-60(59)61)82-64(70)37-23-51-20-26-54(27-21-51)75-39-13-7-10-16-42-78-66(72)48(3)4/h18-21,24-35,44-46H,1,3,5-17,22-23,36-43H2,2,4H3. The molecule has 82 heavy (non-hydrogen) atoms. The van der Waals surface area contributed by atoms with Gasteiger partial charge >= 0.3 is 29.8 Å². The summed E-state index contributed by atoms with van der Waals surface area (Å²) in [7, 11) is 0. The van der Waals surface area contributed by atoms with Crippen LogP contribution in [0.25, 0.3) is 21.5 Å². The Bertz CT molecular complexity index is 3090. The molecule has 0 bridgehead atoms. The largest absolute Gasteiger partial charge is 0.494 e. The molecular weight excluding hydrogens is 1050 g/mol. The zero-order chi connectivity index (χ0) is 58.5. The van der Waals surface area contributed by atoms with E-state index in [1.807, 2.05) is 78.9 Å². The van der Waals surface area contributed by atoms with Gasteiger partial charge in [-0.1, -0.05) is 50.1 Å². The third-order valence-electron chi connectivity index (χ3n) is 13.0. The lowest BCUT2D eigenvalue weighted by molar-refractivity contribution is -0.141. The molecule has 0 aliphatic carbocycles. The molecule has 0 fully saturated rings. The number of aryl methyl sites for hydroxylation is 2. The SMILES string of the molecule is C=C(C)C(=O)OCCCCCCOc1ccc(CCC(=O)Oc2ccc3c(c2)cc(Oc2ccc(OCCCCCCOC(=O)C(=C)F)cc2)c2cc(OC(=O)CCc4ccc(OCCCCCCOC(=O)C(=C)C)cc4)ccc23)cc1. The Morgan fingerprint density at radius 1 is 0.390 bits per heavy atom. The lowest BCUT2D eigenvalue weighted by atomic mass is 10.0. The molecule has 6 rings (SSSR count). The van der Waals surface area contributed by atoms with Crippen LogP contribution in [-0.4, -0.2) is 69.5 Å². The molecule has 0 atom stereocenters. The molecule has 0 aliphatic heterocycles. The summed E-state index contributed by atoms with van der Waals surface area (Å²) in [5.41, 5.74) is 2.73. The van der Waals surface area contributed by atoms with E-state index in [9.17, 15) is 28.4 Å². The first-order valence-electron chi connectivity index (χ1n) is 28.1. The fourth-order valence-electron chi connectivity index (χ4n) is 8.45. The molecule has 0 spiro atoms. The molecule has 6 aromatic rings. The topological polar surface area (TPSA) is 168 Å². The number of carbonyl (C=O) groups is 5.